The molecule has 1 saturated heterocycles. The lowest BCUT2D eigenvalue weighted by atomic mass is 9.80. The molecule has 11 heteroatoms. The van der Waals surface area contributed by atoms with E-state index in [2.05, 4.69) is 20.6 Å². The second kappa shape index (κ2) is 11.8. The zero-order chi connectivity index (χ0) is 27.4. The van der Waals surface area contributed by atoms with Gasteiger partial charge in [0.05, 0.1) is 30.9 Å². The molecule has 3 atom stereocenters. The average molecular weight is 536 g/mol. The second-order valence-corrected chi connectivity index (χ2v) is 10.6. The number of hydrogen-bond acceptors (Lipinski definition) is 8. The molecule has 3 aromatic rings. The number of rotatable bonds is 9. The molecule has 11 nitrogen and oxygen atoms in total. The summed E-state index contributed by atoms with van der Waals surface area (Å²) in [7, 11) is 1.61. The summed E-state index contributed by atoms with van der Waals surface area (Å²) in [5, 5.41) is 23.0. The number of aryl methyl sites for hydroxylation is 1. The van der Waals surface area contributed by atoms with E-state index in [0.29, 0.717) is 50.4 Å². The van der Waals surface area contributed by atoms with Gasteiger partial charge in [0.15, 0.2) is 11.5 Å². The first-order chi connectivity index (χ1) is 18.9. The third kappa shape index (κ3) is 5.66. The molecule has 1 aromatic carbocycles. The van der Waals surface area contributed by atoms with E-state index in [0.717, 1.165) is 30.5 Å². The molecule has 2 N–H and O–H groups in total. The Labute approximate surface area is 228 Å². The van der Waals surface area contributed by atoms with Crippen molar-refractivity contribution in [1.29, 1.82) is 0 Å². The Morgan fingerprint density at radius 1 is 1.23 bits per heavy atom. The van der Waals surface area contributed by atoms with E-state index in [9.17, 15) is 14.7 Å². The third-order valence-corrected chi connectivity index (χ3v) is 7.93. The quantitative estimate of drug-likeness (QED) is 0.400. The van der Waals surface area contributed by atoms with E-state index < -0.39 is 5.60 Å². The van der Waals surface area contributed by atoms with Gasteiger partial charge in [0, 0.05) is 51.8 Å². The minimum atomic E-state index is -1.04. The van der Waals surface area contributed by atoms with Crippen LogP contribution in [0.15, 0.2) is 42.9 Å². The molecule has 5 rings (SSSR count). The van der Waals surface area contributed by atoms with Gasteiger partial charge in [0.1, 0.15) is 11.3 Å². The van der Waals surface area contributed by atoms with Crippen molar-refractivity contribution in [2.24, 2.45) is 0 Å². The molecule has 2 aliphatic rings. The van der Waals surface area contributed by atoms with Gasteiger partial charge in [-0.05, 0) is 19.3 Å². The summed E-state index contributed by atoms with van der Waals surface area (Å²) in [6.07, 6.45) is 7.33. The maximum Gasteiger partial charge on any atom is 0.275 e. The first-order valence-corrected chi connectivity index (χ1v) is 13.7. The van der Waals surface area contributed by atoms with Crippen molar-refractivity contribution in [2.45, 2.75) is 63.3 Å². The van der Waals surface area contributed by atoms with E-state index in [1.807, 2.05) is 39.8 Å². The van der Waals surface area contributed by atoms with Crippen LogP contribution in [0, 0.1) is 0 Å². The number of amides is 1. The summed E-state index contributed by atoms with van der Waals surface area (Å²) in [5.74, 6) is -0.259. The van der Waals surface area contributed by atoms with Gasteiger partial charge in [-0.3, -0.25) is 14.3 Å². The molecule has 208 valence electrons. The molecule has 2 aromatic heterocycles. The molecule has 1 aliphatic carbocycles. The second-order valence-electron chi connectivity index (χ2n) is 10.6. The SMILES string of the molecule is COC[C@]1(O)CCCC[C@H]1n1cnc(C(=O)N2CCNC[C@H]2CCn2cc(C(C)=O)nn2)c1-c1ccccc1. The van der Waals surface area contributed by atoms with Gasteiger partial charge in [-0.2, -0.15) is 0 Å². The molecular weight excluding hydrogens is 498 g/mol. The Morgan fingerprint density at radius 2 is 2.05 bits per heavy atom. The van der Waals surface area contributed by atoms with Gasteiger partial charge in [0.2, 0.25) is 0 Å². The zero-order valence-electron chi connectivity index (χ0n) is 22.6. The van der Waals surface area contributed by atoms with Crippen molar-refractivity contribution in [3.8, 4) is 11.3 Å². The van der Waals surface area contributed by atoms with Crippen molar-refractivity contribution in [1.82, 2.24) is 34.8 Å². The minimum Gasteiger partial charge on any atom is -0.385 e. The largest absolute Gasteiger partial charge is 0.385 e. The number of nitrogens with zero attached hydrogens (tertiary/aromatic N) is 6. The average Bonchev–Trinajstić information content (AvgIpc) is 3.60. The van der Waals surface area contributed by atoms with Gasteiger partial charge in [-0.1, -0.05) is 48.4 Å². The van der Waals surface area contributed by atoms with Gasteiger partial charge >= 0.3 is 0 Å². The lowest BCUT2D eigenvalue weighted by Gasteiger charge is -2.41. The summed E-state index contributed by atoms with van der Waals surface area (Å²) in [6, 6.07) is 9.47. The van der Waals surface area contributed by atoms with Gasteiger partial charge in [-0.15, -0.1) is 5.10 Å². The fraction of sp³-hybridized carbons (Fsp3) is 0.536. The number of carbonyl (C=O) groups excluding carboxylic acids is 2. The van der Waals surface area contributed by atoms with Crippen LogP contribution >= 0.6 is 0 Å². The number of hydrogen-bond donors (Lipinski definition) is 2. The Balaban J connectivity index is 1.45. The number of benzene rings is 1. The summed E-state index contributed by atoms with van der Waals surface area (Å²) >= 11 is 0. The highest BCUT2D eigenvalue weighted by molar-refractivity contribution is 5.98. The van der Waals surface area contributed by atoms with Crippen LogP contribution < -0.4 is 5.32 Å². The van der Waals surface area contributed by atoms with Gasteiger partial charge in [-0.25, -0.2) is 4.98 Å². The van der Waals surface area contributed by atoms with Gasteiger partial charge < -0.3 is 24.6 Å². The maximum atomic E-state index is 14.1. The molecule has 0 spiro atoms. The van der Waals surface area contributed by atoms with E-state index in [-0.39, 0.29) is 30.4 Å². The normalized spacial score (nSPS) is 23.6. The number of imidazole rings is 1. The van der Waals surface area contributed by atoms with Crippen LogP contribution in [-0.4, -0.2) is 91.2 Å². The number of aliphatic hydroxyl groups is 1. The first-order valence-electron chi connectivity index (χ1n) is 13.7. The summed E-state index contributed by atoms with van der Waals surface area (Å²) in [5.41, 5.74) is 1.29. The first kappa shape index (κ1) is 27.2. The van der Waals surface area contributed by atoms with E-state index in [1.165, 1.54) is 6.92 Å². The van der Waals surface area contributed by atoms with Crippen LogP contribution in [-0.2, 0) is 11.3 Å². The number of methoxy groups -OCH3 is 1. The predicted octanol–water partition coefficient (Wildman–Crippen LogP) is 2.34. The molecule has 0 radical (unpaired) electrons. The lowest BCUT2D eigenvalue weighted by molar-refractivity contribution is -0.0893. The Morgan fingerprint density at radius 3 is 2.79 bits per heavy atom. The van der Waals surface area contributed by atoms with Gasteiger partial charge in [0.25, 0.3) is 5.91 Å². The number of Topliss-reactive ketones (excluding diaryl/α,β-unsaturated/α-hetero) is 1. The van der Waals surface area contributed by atoms with Crippen LogP contribution in [0.2, 0.25) is 0 Å². The number of nitrogens with one attached hydrogen (secondary N) is 1. The number of carbonyl (C=O) groups is 2. The molecule has 1 aliphatic heterocycles. The Bertz CT molecular complexity index is 1290. The van der Waals surface area contributed by atoms with Crippen molar-refractivity contribution in [3.63, 3.8) is 0 Å². The zero-order valence-corrected chi connectivity index (χ0v) is 22.6. The van der Waals surface area contributed by atoms with Crippen molar-refractivity contribution >= 4 is 11.7 Å². The fourth-order valence-corrected chi connectivity index (χ4v) is 5.93. The van der Waals surface area contributed by atoms with Crippen LogP contribution in [0.3, 0.4) is 0 Å². The highest BCUT2D eigenvalue weighted by Gasteiger charge is 2.42. The van der Waals surface area contributed by atoms with Crippen molar-refractivity contribution in [2.75, 3.05) is 33.4 Å². The predicted molar refractivity (Wildman–Crippen MR) is 144 cm³/mol. The monoisotopic (exact) mass is 535 g/mol. The third-order valence-electron chi connectivity index (χ3n) is 7.93. The minimum absolute atomic E-state index is 0.0786. The standard InChI is InChI=1S/C28H37N7O4/c1-20(36)23-17-33(32-31-23)14-11-22-16-29-13-15-34(22)27(37)25-26(21-8-4-3-5-9-21)35(19-30-25)24-10-6-7-12-28(24,38)18-39-2/h3-5,8-9,17,19,22,24,29,38H,6-7,10-16,18H2,1-2H3/t22-,24-,28-/m1/s1. The summed E-state index contributed by atoms with van der Waals surface area (Å²) in [6.45, 7) is 4.11. The van der Waals surface area contributed by atoms with E-state index in [4.69, 9.17) is 4.74 Å². The summed E-state index contributed by atoms with van der Waals surface area (Å²) in [4.78, 5) is 32.3. The fourth-order valence-electron chi connectivity index (χ4n) is 5.93. The molecule has 39 heavy (non-hydrogen) atoms. The molecule has 1 amide bonds. The molecule has 0 bridgehead atoms. The number of ether oxygens (including phenoxy) is 1. The molecule has 1 saturated carbocycles. The summed E-state index contributed by atoms with van der Waals surface area (Å²) < 4.78 is 9.07. The van der Waals surface area contributed by atoms with Crippen LogP contribution in [0.1, 0.15) is 66.0 Å². The highest BCUT2D eigenvalue weighted by Crippen LogP contribution is 2.41. The number of ketones is 1. The Hall–Kier alpha value is -3.41. The Kier molecular flexibility index (Phi) is 8.20. The maximum absolute atomic E-state index is 14.1. The van der Waals surface area contributed by atoms with Crippen molar-refractivity contribution in [3.05, 3.63) is 54.2 Å². The topological polar surface area (TPSA) is 127 Å². The van der Waals surface area contributed by atoms with E-state index in [1.54, 1.807) is 24.3 Å². The van der Waals surface area contributed by atoms with Crippen molar-refractivity contribution < 1.29 is 19.4 Å². The molecule has 3 heterocycles. The van der Waals surface area contributed by atoms with Crippen LogP contribution in [0.5, 0.6) is 0 Å². The van der Waals surface area contributed by atoms with Crippen LogP contribution in [0.25, 0.3) is 11.3 Å². The lowest BCUT2D eigenvalue weighted by Crippen LogP contribution is -2.54. The highest BCUT2D eigenvalue weighted by atomic mass is 16.5. The molecule has 0 unspecified atom stereocenters. The van der Waals surface area contributed by atoms with E-state index >= 15 is 0 Å². The number of aromatic nitrogens is 5. The van der Waals surface area contributed by atoms with Crippen LogP contribution in [0.4, 0.5) is 0 Å². The number of piperazine rings is 1. The smallest absolute Gasteiger partial charge is 0.275 e. The molecule has 2 fully saturated rings. The molecular formula is C28H37N7O4.